The minimum absolute atomic E-state index is 0.00827. The molecule has 0 radical (unpaired) electrons. The van der Waals surface area contributed by atoms with Gasteiger partial charge in [-0.3, -0.25) is 9.78 Å². The van der Waals surface area contributed by atoms with E-state index in [0.717, 1.165) is 0 Å². The van der Waals surface area contributed by atoms with Crippen LogP contribution < -0.4 is 5.43 Å². The van der Waals surface area contributed by atoms with Crippen molar-refractivity contribution in [3.8, 4) is 5.75 Å². The molecule has 134 valence electrons. The standard InChI is InChI=1S/C19H14ClN5O2/c20-16-5-1-2-6-17(16)24-23-15-7-8-18(26)14(10-15)12-22-25-19(27)13-4-3-9-21-11-13/h1-12,26H,(H,25,27)/b22-12-,24-23?. The van der Waals surface area contributed by atoms with E-state index >= 15 is 0 Å². The van der Waals surface area contributed by atoms with Crippen LogP contribution in [0.4, 0.5) is 11.4 Å². The average molecular weight is 380 g/mol. The number of azo groups is 1. The van der Waals surface area contributed by atoms with Gasteiger partial charge in [0.1, 0.15) is 11.4 Å². The lowest BCUT2D eigenvalue weighted by Crippen LogP contribution is -2.17. The van der Waals surface area contributed by atoms with Gasteiger partial charge < -0.3 is 5.11 Å². The Morgan fingerprint density at radius 1 is 1.11 bits per heavy atom. The van der Waals surface area contributed by atoms with E-state index in [9.17, 15) is 9.90 Å². The average Bonchev–Trinajstić information content (AvgIpc) is 2.70. The quantitative estimate of drug-likeness (QED) is 0.384. The summed E-state index contributed by atoms with van der Waals surface area (Å²) in [6.07, 6.45) is 4.32. The normalized spacial score (nSPS) is 11.1. The van der Waals surface area contributed by atoms with Crippen molar-refractivity contribution in [2.24, 2.45) is 15.3 Å². The molecular weight excluding hydrogens is 366 g/mol. The molecule has 7 nitrogen and oxygen atoms in total. The Morgan fingerprint density at radius 3 is 2.74 bits per heavy atom. The molecule has 1 heterocycles. The molecule has 0 saturated carbocycles. The first-order chi connectivity index (χ1) is 13.1. The Balaban J connectivity index is 1.72. The highest BCUT2D eigenvalue weighted by molar-refractivity contribution is 6.32. The molecule has 3 aromatic rings. The molecule has 1 aromatic heterocycles. The van der Waals surface area contributed by atoms with Gasteiger partial charge in [0, 0.05) is 18.0 Å². The molecule has 3 rings (SSSR count). The molecule has 1 amide bonds. The van der Waals surface area contributed by atoms with Crippen molar-refractivity contribution in [2.45, 2.75) is 0 Å². The maximum atomic E-state index is 11.9. The number of nitrogens with one attached hydrogen (secondary N) is 1. The van der Waals surface area contributed by atoms with E-state index in [1.165, 1.54) is 18.5 Å². The second kappa shape index (κ2) is 8.68. The summed E-state index contributed by atoms with van der Waals surface area (Å²) < 4.78 is 0. The number of phenols is 1. The third kappa shape index (κ3) is 4.96. The van der Waals surface area contributed by atoms with Crippen molar-refractivity contribution in [1.29, 1.82) is 0 Å². The van der Waals surface area contributed by atoms with Crippen LogP contribution in [0.1, 0.15) is 15.9 Å². The number of amides is 1. The molecule has 2 N–H and O–H groups in total. The van der Waals surface area contributed by atoms with Gasteiger partial charge in [-0.25, -0.2) is 5.43 Å². The smallest absolute Gasteiger partial charge is 0.272 e. The largest absolute Gasteiger partial charge is 0.507 e. The van der Waals surface area contributed by atoms with Crippen LogP contribution in [-0.4, -0.2) is 22.2 Å². The van der Waals surface area contributed by atoms with Crippen molar-refractivity contribution in [1.82, 2.24) is 10.4 Å². The van der Waals surface area contributed by atoms with Gasteiger partial charge in [-0.05, 0) is 42.5 Å². The number of halogens is 1. The Bertz CT molecular complexity index is 1010. The fourth-order valence-electron chi connectivity index (χ4n) is 2.07. The summed E-state index contributed by atoms with van der Waals surface area (Å²) in [4.78, 5) is 15.8. The number of carbonyl (C=O) groups is 1. The van der Waals surface area contributed by atoms with Crippen molar-refractivity contribution >= 4 is 35.1 Å². The number of hydrogen-bond acceptors (Lipinski definition) is 6. The lowest BCUT2D eigenvalue weighted by molar-refractivity contribution is 0.0954. The number of benzene rings is 2. The van der Waals surface area contributed by atoms with Gasteiger partial charge in [-0.15, -0.1) is 5.11 Å². The number of hydrazone groups is 1. The van der Waals surface area contributed by atoms with E-state index < -0.39 is 5.91 Å². The molecule has 0 unspecified atom stereocenters. The van der Waals surface area contributed by atoms with E-state index in [1.807, 2.05) is 0 Å². The van der Waals surface area contributed by atoms with Crippen LogP contribution in [-0.2, 0) is 0 Å². The van der Waals surface area contributed by atoms with Gasteiger partial charge in [-0.1, -0.05) is 23.7 Å². The minimum atomic E-state index is -0.409. The zero-order valence-electron chi connectivity index (χ0n) is 14.0. The monoisotopic (exact) mass is 379 g/mol. The van der Waals surface area contributed by atoms with Crippen LogP contribution in [0.15, 0.2) is 82.3 Å². The van der Waals surface area contributed by atoms with E-state index in [1.54, 1.807) is 54.7 Å². The Hall–Kier alpha value is -3.58. The predicted molar refractivity (Wildman–Crippen MR) is 103 cm³/mol. The fraction of sp³-hybridized carbons (Fsp3) is 0. The number of pyridine rings is 1. The van der Waals surface area contributed by atoms with Crippen LogP contribution in [0.25, 0.3) is 0 Å². The lowest BCUT2D eigenvalue weighted by atomic mass is 10.2. The molecule has 27 heavy (non-hydrogen) atoms. The van der Waals surface area contributed by atoms with Crippen molar-refractivity contribution in [3.05, 3.63) is 83.1 Å². The van der Waals surface area contributed by atoms with Crippen molar-refractivity contribution in [3.63, 3.8) is 0 Å². The maximum Gasteiger partial charge on any atom is 0.272 e. The second-order valence-electron chi connectivity index (χ2n) is 5.34. The van der Waals surface area contributed by atoms with Crippen molar-refractivity contribution in [2.75, 3.05) is 0 Å². The zero-order valence-corrected chi connectivity index (χ0v) is 14.7. The third-order valence-electron chi connectivity index (χ3n) is 3.43. The lowest BCUT2D eigenvalue weighted by Gasteiger charge is -2.01. The molecule has 8 heteroatoms. The zero-order chi connectivity index (χ0) is 19.1. The van der Waals surface area contributed by atoms with Gasteiger partial charge in [-0.2, -0.15) is 10.2 Å². The number of aromatic hydroxyl groups is 1. The maximum absolute atomic E-state index is 11.9. The SMILES string of the molecule is O=C(N/N=C\c1cc(N=Nc2ccccc2Cl)ccc1O)c1cccnc1. The third-order valence-corrected chi connectivity index (χ3v) is 3.75. The molecule has 0 aliphatic rings. The highest BCUT2D eigenvalue weighted by atomic mass is 35.5. The first-order valence-corrected chi connectivity index (χ1v) is 8.24. The molecule has 0 aliphatic carbocycles. The summed E-state index contributed by atoms with van der Waals surface area (Å²) in [5.74, 6) is -0.417. The number of nitrogens with zero attached hydrogens (tertiary/aromatic N) is 4. The number of phenolic OH excluding ortho intramolecular Hbond substituents is 1. The van der Waals surface area contributed by atoms with E-state index in [0.29, 0.717) is 27.5 Å². The molecule has 0 bridgehead atoms. The summed E-state index contributed by atoms with van der Waals surface area (Å²) in [6, 6.07) is 15.0. The number of rotatable bonds is 5. The predicted octanol–water partition coefficient (Wildman–Crippen LogP) is 4.62. The molecular formula is C19H14ClN5O2. The molecule has 0 spiro atoms. The van der Waals surface area contributed by atoms with Gasteiger partial charge >= 0.3 is 0 Å². The van der Waals surface area contributed by atoms with Gasteiger partial charge in [0.15, 0.2) is 0 Å². The van der Waals surface area contributed by atoms with Gasteiger partial charge in [0.25, 0.3) is 5.91 Å². The summed E-state index contributed by atoms with van der Waals surface area (Å²) in [6.45, 7) is 0. The van der Waals surface area contributed by atoms with E-state index in [-0.39, 0.29) is 5.75 Å². The van der Waals surface area contributed by atoms with Gasteiger partial charge in [0.05, 0.1) is 22.5 Å². The summed E-state index contributed by atoms with van der Waals surface area (Å²) in [5, 5.41) is 22.5. The van der Waals surface area contributed by atoms with Crippen molar-refractivity contribution < 1.29 is 9.90 Å². The minimum Gasteiger partial charge on any atom is -0.507 e. The van der Waals surface area contributed by atoms with Gasteiger partial charge in [0.2, 0.25) is 0 Å². The van der Waals surface area contributed by atoms with Crippen LogP contribution in [0, 0.1) is 0 Å². The Labute approximate surface area is 160 Å². The molecule has 0 atom stereocenters. The summed E-state index contributed by atoms with van der Waals surface area (Å²) in [7, 11) is 0. The topological polar surface area (TPSA) is 99.3 Å². The van der Waals surface area contributed by atoms with Crippen LogP contribution >= 0.6 is 11.6 Å². The Morgan fingerprint density at radius 2 is 1.96 bits per heavy atom. The number of aromatic nitrogens is 1. The Kier molecular flexibility index (Phi) is 5.86. The van der Waals surface area contributed by atoms with Crippen LogP contribution in [0.5, 0.6) is 5.75 Å². The molecule has 0 aliphatic heterocycles. The molecule has 2 aromatic carbocycles. The molecule has 0 saturated heterocycles. The number of hydrogen-bond donors (Lipinski definition) is 2. The fourth-order valence-corrected chi connectivity index (χ4v) is 2.25. The van der Waals surface area contributed by atoms with Crippen LogP contribution in [0.2, 0.25) is 5.02 Å². The second-order valence-corrected chi connectivity index (χ2v) is 5.74. The van der Waals surface area contributed by atoms with Crippen LogP contribution in [0.3, 0.4) is 0 Å². The number of carbonyl (C=O) groups excluding carboxylic acids is 1. The highest BCUT2D eigenvalue weighted by Crippen LogP contribution is 2.27. The first kappa shape index (κ1) is 18.2. The molecule has 0 fully saturated rings. The summed E-state index contributed by atoms with van der Waals surface area (Å²) >= 11 is 6.04. The first-order valence-electron chi connectivity index (χ1n) is 7.86. The summed E-state index contributed by atoms with van der Waals surface area (Å²) in [5.41, 5.74) is 4.14. The van der Waals surface area contributed by atoms with E-state index in [2.05, 4.69) is 25.7 Å². The van der Waals surface area contributed by atoms with E-state index in [4.69, 9.17) is 11.6 Å². The highest BCUT2D eigenvalue weighted by Gasteiger charge is 2.04.